The van der Waals surface area contributed by atoms with Gasteiger partial charge in [0.15, 0.2) is 0 Å². The van der Waals surface area contributed by atoms with E-state index in [-0.39, 0.29) is 5.91 Å². The molecule has 2 heteroatoms. The maximum atomic E-state index is 11.2. The van der Waals surface area contributed by atoms with Crippen LogP contribution in [0.25, 0.3) is 0 Å². The van der Waals surface area contributed by atoms with E-state index in [4.69, 9.17) is 0 Å². The maximum absolute atomic E-state index is 11.2. The highest BCUT2D eigenvalue weighted by Gasteiger charge is 2.18. The fraction of sp³-hybridized carbons (Fsp3) is 0.300. The molecule has 0 saturated carbocycles. The first-order chi connectivity index (χ1) is 5.68. The number of hydrogen-bond acceptors (Lipinski definition) is 1. The largest absolute Gasteiger partial charge is 0.348 e. The quantitative estimate of drug-likeness (QED) is 0.614. The number of benzene rings is 1. The van der Waals surface area contributed by atoms with Crippen LogP contribution in [0.3, 0.4) is 0 Å². The van der Waals surface area contributed by atoms with E-state index in [0.29, 0.717) is 6.54 Å². The molecular weight excluding hydrogens is 150 g/mol. The lowest BCUT2D eigenvalue weighted by Crippen LogP contribution is -2.12. The molecule has 1 heterocycles. The van der Waals surface area contributed by atoms with Gasteiger partial charge in [-0.25, -0.2) is 0 Å². The van der Waals surface area contributed by atoms with Gasteiger partial charge < -0.3 is 5.32 Å². The molecule has 1 N–H and O–H groups in total. The highest BCUT2D eigenvalue weighted by Crippen LogP contribution is 2.19. The van der Waals surface area contributed by atoms with Crippen molar-refractivity contribution in [3.63, 3.8) is 0 Å². The molecule has 0 fully saturated rings. The predicted octanol–water partition coefficient (Wildman–Crippen LogP) is 1.55. The summed E-state index contributed by atoms with van der Waals surface area (Å²) in [6, 6.07) is 4.05. The van der Waals surface area contributed by atoms with Gasteiger partial charge in [0.2, 0.25) is 0 Å². The van der Waals surface area contributed by atoms with E-state index in [1.807, 2.05) is 13.0 Å². The Morgan fingerprint density at radius 1 is 1.25 bits per heavy atom. The van der Waals surface area contributed by atoms with Crippen LogP contribution in [-0.2, 0) is 6.54 Å². The molecule has 0 radical (unpaired) electrons. The second-order valence-electron chi connectivity index (χ2n) is 3.28. The molecule has 1 aliphatic rings. The average molecular weight is 161 g/mol. The summed E-state index contributed by atoms with van der Waals surface area (Å²) in [5, 5.41) is 2.80. The Morgan fingerprint density at radius 2 is 1.92 bits per heavy atom. The molecule has 0 aliphatic carbocycles. The summed E-state index contributed by atoms with van der Waals surface area (Å²) < 4.78 is 0. The van der Waals surface area contributed by atoms with Crippen molar-refractivity contribution < 1.29 is 4.79 Å². The summed E-state index contributed by atoms with van der Waals surface area (Å²) in [6.45, 7) is 4.79. The standard InChI is InChI=1S/C10H11NO/c1-6-3-8-5-11-10(12)9(8)4-7(6)2/h3-4H,5H2,1-2H3,(H,11,12). The Hall–Kier alpha value is -1.31. The van der Waals surface area contributed by atoms with Gasteiger partial charge in [-0.2, -0.15) is 0 Å². The molecule has 0 bridgehead atoms. The van der Waals surface area contributed by atoms with Crippen LogP contribution in [-0.4, -0.2) is 5.91 Å². The lowest BCUT2D eigenvalue weighted by Gasteiger charge is -2.01. The van der Waals surface area contributed by atoms with Crippen molar-refractivity contribution in [2.24, 2.45) is 0 Å². The summed E-state index contributed by atoms with van der Waals surface area (Å²) in [4.78, 5) is 11.2. The molecule has 0 aromatic heterocycles. The molecule has 0 spiro atoms. The molecule has 1 aromatic carbocycles. The first-order valence-electron chi connectivity index (χ1n) is 4.07. The van der Waals surface area contributed by atoms with E-state index >= 15 is 0 Å². The Labute approximate surface area is 71.6 Å². The topological polar surface area (TPSA) is 29.1 Å². The van der Waals surface area contributed by atoms with Gasteiger partial charge in [0.05, 0.1) is 0 Å². The number of nitrogens with one attached hydrogen (secondary N) is 1. The lowest BCUT2D eigenvalue weighted by atomic mass is 10.0. The molecule has 1 aromatic rings. The average Bonchev–Trinajstić information content (AvgIpc) is 2.35. The van der Waals surface area contributed by atoms with Crippen LogP contribution in [0.15, 0.2) is 12.1 Å². The summed E-state index contributed by atoms with van der Waals surface area (Å²) in [7, 11) is 0. The van der Waals surface area contributed by atoms with Crippen molar-refractivity contribution in [1.29, 1.82) is 0 Å². The van der Waals surface area contributed by atoms with Crippen LogP contribution in [0.5, 0.6) is 0 Å². The van der Waals surface area contributed by atoms with Gasteiger partial charge in [0, 0.05) is 12.1 Å². The molecule has 1 aliphatic heterocycles. The van der Waals surface area contributed by atoms with E-state index in [0.717, 1.165) is 11.1 Å². The number of fused-ring (bicyclic) bond motifs is 1. The number of carbonyl (C=O) groups is 1. The van der Waals surface area contributed by atoms with Crippen molar-refractivity contribution in [2.45, 2.75) is 20.4 Å². The minimum Gasteiger partial charge on any atom is -0.348 e. The molecule has 2 rings (SSSR count). The third kappa shape index (κ3) is 0.916. The van der Waals surface area contributed by atoms with Crippen molar-refractivity contribution in [1.82, 2.24) is 5.32 Å². The van der Waals surface area contributed by atoms with E-state index in [2.05, 4.69) is 18.3 Å². The Morgan fingerprint density at radius 3 is 2.67 bits per heavy atom. The smallest absolute Gasteiger partial charge is 0.251 e. The van der Waals surface area contributed by atoms with E-state index in [1.165, 1.54) is 11.1 Å². The molecule has 1 amide bonds. The van der Waals surface area contributed by atoms with Gasteiger partial charge in [0.25, 0.3) is 5.91 Å². The summed E-state index contributed by atoms with van der Waals surface area (Å²) in [5.74, 6) is 0.0631. The molecule has 2 nitrogen and oxygen atoms in total. The van der Waals surface area contributed by atoms with E-state index < -0.39 is 0 Å². The number of aryl methyl sites for hydroxylation is 2. The minimum atomic E-state index is 0.0631. The number of hydrogen-bond donors (Lipinski definition) is 1. The third-order valence-electron chi connectivity index (χ3n) is 2.40. The van der Waals surface area contributed by atoms with Crippen LogP contribution in [0.4, 0.5) is 0 Å². The van der Waals surface area contributed by atoms with E-state index in [1.54, 1.807) is 0 Å². The molecule has 0 atom stereocenters. The fourth-order valence-corrected chi connectivity index (χ4v) is 1.50. The molecule has 0 saturated heterocycles. The van der Waals surface area contributed by atoms with Crippen LogP contribution < -0.4 is 5.32 Å². The molecule has 0 unspecified atom stereocenters. The highest BCUT2D eigenvalue weighted by molar-refractivity contribution is 5.98. The van der Waals surface area contributed by atoms with Gasteiger partial charge in [-0.1, -0.05) is 6.07 Å². The Kier molecular flexibility index (Phi) is 1.43. The van der Waals surface area contributed by atoms with E-state index in [9.17, 15) is 4.79 Å². The second kappa shape index (κ2) is 2.34. The van der Waals surface area contributed by atoms with Crippen molar-refractivity contribution in [3.8, 4) is 0 Å². The molecule has 62 valence electrons. The first-order valence-corrected chi connectivity index (χ1v) is 4.07. The maximum Gasteiger partial charge on any atom is 0.251 e. The second-order valence-corrected chi connectivity index (χ2v) is 3.28. The van der Waals surface area contributed by atoms with Gasteiger partial charge in [-0.3, -0.25) is 4.79 Å². The monoisotopic (exact) mass is 161 g/mol. The van der Waals surface area contributed by atoms with Crippen LogP contribution in [0.1, 0.15) is 27.0 Å². The minimum absolute atomic E-state index is 0.0631. The summed E-state index contributed by atoms with van der Waals surface area (Å²) in [6.07, 6.45) is 0. The molecule has 12 heavy (non-hydrogen) atoms. The van der Waals surface area contributed by atoms with Crippen molar-refractivity contribution in [3.05, 3.63) is 34.4 Å². The Bertz CT molecular complexity index is 355. The van der Waals surface area contributed by atoms with Gasteiger partial charge >= 0.3 is 0 Å². The van der Waals surface area contributed by atoms with Crippen LogP contribution in [0.2, 0.25) is 0 Å². The normalized spacial score (nSPS) is 14.3. The number of amides is 1. The van der Waals surface area contributed by atoms with Crippen LogP contribution in [0, 0.1) is 13.8 Å². The number of rotatable bonds is 0. The SMILES string of the molecule is Cc1cc2c(cc1C)C(=O)NC2. The fourth-order valence-electron chi connectivity index (χ4n) is 1.50. The zero-order valence-corrected chi connectivity index (χ0v) is 7.27. The van der Waals surface area contributed by atoms with Gasteiger partial charge in [-0.15, -0.1) is 0 Å². The van der Waals surface area contributed by atoms with Crippen LogP contribution >= 0.6 is 0 Å². The number of carbonyl (C=O) groups excluding carboxylic acids is 1. The van der Waals surface area contributed by atoms with Gasteiger partial charge in [-0.05, 0) is 36.6 Å². The summed E-state index contributed by atoms with van der Waals surface area (Å²) >= 11 is 0. The van der Waals surface area contributed by atoms with Crippen molar-refractivity contribution in [2.75, 3.05) is 0 Å². The highest BCUT2D eigenvalue weighted by atomic mass is 16.1. The first kappa shape index (κ1) is 7.35. The van der Waals surface area contributed by atoms with Gasteiger partial charge in [0.1, 0.15) is 0 Å². The predicted molar refractivity (Wildman–Crippen MR) is 47.1 cm³/mol. The van der Waals surface area contributed by atoms with Crippen molar-refractivity contribution >= 4 is 5.91 Å². The lowest BCUT2D eigenvalue weighted by molar-refractivity contribution is 0.0965. The molecular formula is C10H11NO. The Balaban J connectivity index is 2.63. The third-order valence-corrected chi connectivity index (χ3v) is 2.40. The zero-order chi connectivity index (χ0) is 8.72. The zero-order valence-electron chi connectivity index (χ0n) is 7.27. The summed E-state index contributed by atoms with van der Waals surface area (Å²) in [5.41, 5.74) is 4.41.